The van der Waals surface area contributed by atoms with Crippen molar-refractivity contribution in [2.45, 2.75) is 55.8 Å². The summed E-state index contributed by atoms with van der Waals surface area (Å²) in [5.41, 5.74) is -1.85. The molecule has 1 saturated heterocycles. The zero-order valence-corrected chi connectivity index (χ0v) is 20.4. The van der Waals surface area contributed by atoms with Gasteiger partial charge in [-0.15, -0.1) is 0 Å². The fraction of sp³-hybridized carbons (Fsp3) is 0.370. The van der Waals surface area contributed by atoms with Crippen LogP contribution in [0.1, 0.15) is 65.9 Å². The second-order valence-electron chi connectivity index (χ2n) is 10.2. The van der Waals surface area contributed by atoms with Gasteiger partial charge in [-0.25, -0.2) is 4.39 Å². The number of halogens is 4. The van der Waals surface area contributed by atoms with E-state index in [9.17, 15) is 27.2 Å². The number of carbonyl (C=O) groups excluding carboxylic acids is 2. The fourth-order valence-electron chi connectivity index (χ4n) is 5.35. The van der Waals surface area contributed by atoms with Crippen molar-refractivity contribution in [3.8, 4) is 6.07 Å². The van der Waals surface area contributed by atoms with E-state index in [1.807, 2.05) is 6.07 Å². The molecule has 0 atom stereocenters. The van der Waals surface area contributed by atoms with Crippen LogP contribution in [-0.4, -0.2) is 38.9 Å². The molecule has 2 amide bonds. The molecule has 3 aliphatic rings. The normalized spacial score (nSPS) is 23.2. The number of nitrogens with zero attached hydrogens (tertiary/aromatic N) is 5. The van der Waals surface area contributed by atoms with Gasteiger partial charge in [-0.1, -0.05) is 17.3 Å². The average molecular weight is 539 g/mol. The maximum absolute atomic E-state index is 14.9. The fourth-order valence-corrected chi connectivity index (χ4v) is 5.35. The number of rotatable bonds is 5. The Morgan fingerprint density at radius 1 is 1.08 bits per heavy atom. The summed E-state index contributed by atoms with van der Waals surface area (Å²) in [4.78, 5) is 34.3. The minimum Gasteiger partial charge on any atom is -0.339 e. The van der Waals surface area contributed by atoms with E-state index < -0.39 is 41.5 Å². The molecular weight excluding hydrogens is 518 g/mol. The summed E-state index contributed by atoms with van der Waals surface area (Å²) in [6, 6.07) is 9.88. The first-order valence-corrected chi connectivity index (χ1v) is 12.4. The van der Waals surface area contributed by atoms with E-state index in [4.69, 9.17) is 9.78 Å². The second-order valence-corrected chi connectivity index (χ2v) is 10.2. The molecule has 0 bridgehead atoms. The van der Waals surface area contributed by atoms with Gasteiger partial charge in [0, 0.05) is 18.4 Å². The minimum absolute atomic E-state index is 0.0669. The average Bonchev–Trinajstić information content (AvgIpc) is 3.62. The number of anilines is 1. The lowest BCUT2D eigenvalue weighted by Gasteiger charge is -2.56. The number of carbonyl (C=O) groups is 2. The van der Waals surface area contributed by atoms with E-state index in [0.717, 1.165) is 35.9 Å². The number of benzene rings is 2. The van der Waals surface area contributed by atoms with Crippen LogP contribution >= 0.6 is 0 Å². The summed E-state index contributed by atoms with van der Waals surface area (Å²) in [6.07, 6.45) is -2.27. The van der Waals surface area contributed by atoms with Crippen molar-refractivity contribution in [1.29, 1.82) is 5.26 Å². The van der Waals surface area contributed by atoms with Gasteiger partial charge in [0.15, 0.2) is 5.82 Å². The third-order valence-electron chi connectivity index (χ3n) is 7.66. The van der Waals surface area contributed by atoms with E-state index in [-0.39, 0.29) is 42.5 Å². The molecule has 2 heterocycles. The number of piperazine rings is 1. The highest BCUT2D eigenvalue weighted by Crippen LogP contribution is 2.52. The van der Waals surface area contributed by atoms with Crippen LogP contribution in [0.25, 0.3) is 0 Å². The Hall–Kier alpha value is -4.27. The van der Waals surface area contributed by atoms with Gasteiger partial charge in [0.25, 0.3) is 5.91 Å². The Kier molecular flexibility index (Phi) is 5.71. The lowest BCUT2D eigenvalue weighted by molar-refractivity contribution is -0.160. The molecule has 3 aromatic rings. The molecule has 2 aromatic carbocycles. The third-order valence-corrected chi connectivity index (χ3v) is 7.66. The number of alkyl halides is 3. The first-order valence-electron chi connectivity index (χ1n) is 12.4. The zero-order chi connectivity index (χ0) is 27.5. The summed E-state index contributed by atoms with van der Waals surface area (Å²) in [5, 5.41) is 13.1. The molecule has 39 heavy (non-hydrogen) atoms. The Morgan fingerprint density at radius 2 is 1.79 bits per heavy atom. The first-order chi connectivity index (χ1) is 18.6. The van der Waals surface area contributed by atoms with Crippen molar-refractivity contribution in [3.05, 3.63) is 76.7 Å². The Bertz CT molecular complexity index is 1500. The molecule has 200 valence electrons. The van der Waals surface area contributed by atoms with Gasteiger partial charge < -0.3 is 9.42 Å². The Balaban J connectivity index is 1.32. The maximum Gasteiger partial charge on any atom is 0.416 e. The molecule has 1 aromatic heterocycles. The van der Waals surface area contributed by atoms with Gasteiger partial charge in [-0.05, 0) is 61.6 Å². The van der Waals surface area contributed by atoms with Crippen LogP contribution in [0.2, 0.25) is 0 Å². The highest BCUT2D eigenvalue weighted by Gasteiger charge is 2.61. The molecule has 1 aliphatic heterocycles. The molecule has 3 fully saturated rings. The van der Waals surface area contributed by atoms with Crippen molar-refractivity contribution >= 4 is 17.5 Å². The molecule has 1 spiro atoms. The highest BCUT2D eigenvalue weighted by molar-refractivity contribution is 6.10. The quantitative estimate of drug-likeness (QED) is 0.437. The van der Waals surface area contributed by atoms with Crippen LogP contribution < -0.4 is 4.90 Å². The largest absolute Gasteiger partial charge is 0.416 e. The van der Waals surface area contributed by atoms with Crippen LogP contribution in [0.4, 0.5) is 23.2 Å². The van der Waals surface area contributed by atoms with Crippen LogP contribution in [0, 0.1) is 17.1 Å². The van der Waals surface area contributed by atoms with Gasteiger partial charge >= 0.3 is 6.18 Å². The van der Waals surface area contributed by atoms with Crippen LogP contribution in [0.15, 0.2) is 47.0 Å². The van der Waals surface area contributed by atoms with Gasteiger partial charge in [0.1, 0.15) is 17.9 Å². The number of aromatic nitrogens is 2. The van der Waals surface area contributed by atoms with Gasteiger partial charge in [0.2, 0.25) is 11.8 Å². The maximum atomic E-state index is 14.9. The molecule has 0 unspecified atom stereocenters. The summed E-state index contributed by atoms with van der Waals surface area (Å²) < 4.78 is 59.5. The number of amides is 2. The Labute approximate surface area is 219 Å². The molecule has 0 N–H and O–H groups in total. The molecule has 2 aliphatic carbocycles. The van der Waals surface area contributed by atoms with Gasteiger partial charge in [0.05, 0.1) is 22.9 Å². The van der Waals surface area contributed by atoms with E-state index in [0.29, 0.717) is 17.3 Å². The van der Waals surface area contributed by atoms with Crippen LogP contribution in [0.5, 0.6) is 0 Å². The standard InChI is InChI=1S/C27H21F4N5O3/c28-20-9-16(12-32)3-8-21(20)35-14-22(37)36(13-15-1-6-19(7-2-15)27(29,30)31)26(25(35)38)10-18(11-26)24-33-23(34-39-24)17-4-5-17/h1-3,6-9,17-18H,4-5,10-11,13-14H2. The lowest BCUT2D eigenvalue weighted by atomic mass is 9.65. The van der Waals surface area contributed by atoms with Gasteiger partial charge in [-0.2, -0.15) is 23.4 Å². The van der Waals surface area contributed by atoms with E-state index in [1.54, 1.807) is 0 Å². The monoisotopic (exact) mass is 539 g/mol. The molecule has 0 radical (unpaired) electrons. The van der Waals surface area contributed by atoms with Crippen molar-refractivity contribution in [3.63, 3.8) is 0 Å². The SMILES string of the molecule is N#Cc1ccc(N2CC(=O)N(Cc3ccc(C(F)(F)F)cc3)C3(CC(c4nc(C5CC5)no4)C3)C2=O)c(F)c1. The summed E-state index contributed by atoms with van der Waals surface area (Å²) in [5.74, 6) is -0.901. The van der Waals surface area contributed by atoms with E-state index in [1.165, 1.54) is 29.2 Å². The highest BCUT2D eigenvalue weighted by atomic mass is 19.4. The molecule has 12 heteroatoms. The number of hydrogen-bond donors (Lipinski definition) is 0. The smallest absolute Gasteiger partial charge is 0.339 e. The second kappa shape index (κ2) is 8.90. The molecular formula is C27H21F4N5O3. The minimum atomic E-state index is -4.51. The van der Waals surface area contributed by atoms with Crippen LogP contribution in [-0.2, 0) is 22.3 Å². The van der Waals surface area contributed by atoms with E-state index >= 15 is 0 Å². The zero-order valence-electron chi connectivity index (χ0n) is 20.4. The van der Waals surface area contributed by atoms with Crippen molar-refractivity contribution in [2.75, 3.05) is 11.4 Å². The topological polar surface area (TPSA) is 103 Å². The lowest BCUT2D eigenvalue weighted by Crippen LogP contribution is -2.72. The molecule has 2 saturated carbocycles. The van der Waals surface area contributed by atoms with Crippen LogP contribution in [0.3, 0.4) is 0 Å². The summed E-state index contributed by atoms with van der Waals surface area (Å²) in [6.45, 7) is -0.558. The summed E-state index contributed by atoms with van der Waals surface area (Å²) >= 11 is 0. The first kappa shape index (κ1) is 25.0. The number of nitriles is 1. The van der Waals surface area contributed by atoms with Crippen molar-refractivity contribution < 1.29 is 31.7 Å². The van der Waals surface area contributed by atoms with Crippen molar-refractivity contribution in [1.82, 2.24) is 15.0 Å². The predicted octanol–water partition coefficient (Wildman–Crippen LogP) is 4.67. The van der Waals surface area contributed by atoms with E-state index in [2.05, 4.69) is 10.1 Å². The van der Waals surface area contributed by atoms with Gasteiger partial charge in [-0.3, -0.25) is 14.5 Å². The third kappa shape index (κ3) is 4.31. The van der Waals surface area contributed by atoms with Crippen molar-refractivity contribution in [2.24, 2.45) is 0 Å². The summed E-state index contributed by atoms with van der Waals surface area (Å²) in [7, 11) is 0. The predicted molar refractivity (Wildman–Crippen MR) is 126 cm³/mol. The molecule has 8 nitrogen and oxygen atoms in total. The number of hydrogen-bond acceptors (Lipinski definition) is 6. The molecule has 6 rings (SSSR count). The Morgan fingerprint density at radius 3 is 2.41 bits per heavy atom.